The van der Waals surface area contributed by atoms with E-state index in [0.29, 0.717) is 6.54 Å². The number of likely N-dealkylation sites (tertiary alicyclic amines) is 1. The van der Waals surface area contributed by atoms with E-state index < -0.39 is 0 Å². The van der Waals surface area contributed by atoms with Gasteiger partial charge in [0.15, 0.2) is 0 Å². The van der Waals surface area contributed by atoms with Gasteiger partial charge in [-0.25, -0.2) is 0 Å². The van der Waals surface area contributed by atoms with Crippen LogP contribution in [0.2, 0.25) is 0 Å². The fourth-order valence-electron chi connectivity index (χ4n) is 2.44. The number of piperidine rings is 1. The number of hydrogen-bond acceptors (Lipinski definition) is 3. The van der Waals surface area contributed by atoms with Crippen molar-refractivity contribution in [1.29, 1.82) is 0 Å². The maximum atomic E-state index is 12.4. The van der Waals surface area contributed by atoms with E-state index in [0.717, 1.165) is 36.3 Å². The van der Waals surface area contributed by atoms with E-state index in [1.54, 1.807) is 4.68 Å². The summed E-state index contributed by atoms with van der Waals surface area (Å²) in [4.78, 5) is 14.3. The van der Waals surface area contributed by atoms with Crippen LogP contribution in [-0.4, -0.2) is 39.7 Å². The Morgan fingerprint density at radius 3 is 2.61 bits per heavy atom. The first kappa shape index (κ1) is 15.0. The van der Waals surface area contributed by atoms with E-state index in [1.165, 1.54) is 0 Å². The summed E-state index contributed by atoms with van der Waals surface area (Å²) in [6, 6.07) is 0.116. The van der Waals surface area contributed by atoms with Crippen molar-refractivity contribution in [3.8, 4) is 0 Å². The molecule has 0 saturated carbocycles. The van der Waals surface area contributed by atoms with Crippen molar-refractivity contribution in [1.82, 2.24) is 14.7 Å². The lowest BCUT2D eigenvalue weighted by molar-refractivity contribution is 0.0707. The van der Waals surface area contributed by atoms with E-state index in [2.05, 4.69) is 5.10 Å². The monoisotopic (exact) mass is 272 g/mol. The van der Waals surface area contributed by atoms with Crippen LogP contribution in [0.1, 0.15) is 34.6 Å². The van der Waals surface area contributed by atoms with Crippen molar-refractivity contribution < 1.29 is 4.79 Å². The molecular weight excluding hydrogens is 252 g/mol. The zero-order chi connectivity index (χ0) is 12.6. The van der Waals surface area contributed by atoms with E-state index in [4.69, 9.17) is 5.73 Å². The first-order valence-electron chi connectivity index (χ1n) is 6.05. The number of aromatic nitrogens is 2. The lowest BCUT2D eigenvalue weighted by atomic mass is 10.0. The van der Waals surface area contributed by atoms with Crippen LogP contribution in [-0.2, 0) is 7.05 Å². The Balaban J connectivity index is 0.00000162. The van der Waals surface area contributed by atoms with Crippen molar-refractivity contribution in [3.05, 3.63) is 17.0 Å². The molecule has 1 amide bonds. The van der Waals surface area contributed by atoms with Gasteiger partial charge in [-0.2, -0.15) is 5.10 Å². The van der Waals surface area contributed by atoms with E-state index >= 15 is 0 Å². The molecule has 2 heterocycles. The molecule has 5 nitrogen and oxygen atoms in total. The molecule has 0 aromatic carbocycles. The second kappa shape index (κ2) is 5.71. The zero-order valence-corrected chi connectivity index (χ0v) is 12.0. The number of nitrogens with two attached hydrogens (primary N) is 1. The molecule has 1 aromatic rings. The minimum absolute atomic E-state index is 0. The number of amides is 1. The molecule has 1 unspecified atom stereocenters. The predicted octanol–water partition coefficient (Wildman–Crippen LogP) is 1.02. The van der Waals surface area contributed by atoms with Crippen LogP contribution in [0.15, 0.2) is 0 Å². The smallest absolute Gasteiger partial charge is 0.257 e. The Morgan fingerprint density at radius 1 is 1.44 bits per heavy atom. The topological polar surface area (TPSA) is 64.2 Å². The molecule has 1 saturated heterocycles. The average Bonchev–Trinajstić information content (AvgIpc) is 2.52. The van der Waals surface area contributed by atoms with Crippen molar-refractivity contribution in [3.63, 3.8) is 0 Å². The third-order valence-corrected chi connectivity index (χ3v) is 3.47. The molecule has 0 spiro atoms. The summed E-state index contributed by atoms with van der Waals surface area (Å²) in [7, 11) is 1.86. The van der Waals surface area contributed by atoms with Gasteiger partial charge in [-0.15, -0.1) is 12.4 Å². The average molecular weight is 273 g/mol. The summed E-state index contributed by atoms with van der Waals surface area (Å²) in [6.07, 6.45) is 2.00. The number of rotatable bonds is 1. The van der Waals surface area contributed by atoms with E-state index in [1.807, 2.05) is 25.8 Å². The molecule has 1 aliphatic rings. The zero-order valence-electron chi connectivity index (χ0n) is 11.1. The largest absolute Gasteiger partial charge is 0.337 e. The molecule has 1 fully saturated rings. The standard InChI is InChI=1S/C12H20N4O.ClH/c1-8-11(9(2)15(3)14-8)12(17)16-6-4-5-10(13)7-16;/h10H,4-7,13H2,1-3H3;1H. The lowest BCUT2D eigenvalue weighted by Crippen LogP contribution is -2.46. The third-order valence-electron chi connectivity index (χ3n) is 3.47. The second-order valence-corrected chi connectivity index (χ2v) is 4.82. The van der Waals surface area contributed by atoms with Crippen LogP contribution in [0.4, 0.5) is 0 Å². The highest BCUT2D eigenvalue weighted by molar-refractivity contribution is 5.96. The van der Waals surface area contributed by atoms with Gasteiger partial charge in [-0.3, -0.25) is 9.48 Å². The normalized spacial score (nSPS) is 19.6. The Labute approximate surface area is 114 Å². The summed E-state index contributed by atoms with van der Waals surface area (Å²) in [5.41, 5.74) is 8.37. The van der Waals surface area contributed by atoms with Gasteiger partial charge in [0.05, 0.1) is 11.3 Å². The molecule has 0 radical (unpaired) electrons. The molecule has 1 aliphatic heterocycles. The molecule has 0 bridgehead atoms. The van der Waals surface area contributed by atoms with Gasteiger partial charge in [0.2, 0.25) is 0 Å². The molecular formula is C12H21ClN4O. The Bertz CT molecular complexity index is 444. The van der Waals surface area contributed by atoms with E-state index in [9.17, 15) is 4.79 Å². The Kier molecular flexibility index (Phi) is 4.76. The maximum absolute atomic E-state index is 12.4. The van der Waals surface area contributed by atoms with Crippen LogP contribution in [0.5, 0.6) is 0 Å². The number of aryl methyl sites for hydroxylation is 2. The number of carbonyl (C=O) groups is 1. The van der Waals surface area contributed by atoms with Crippen LogP contribution < -0.4 is 5.73 Å². The number of carbonyl (C=O) groups excluding carboxylic acids is 1. The fourth-order valence-corrected chi connectivity index (χ4v) is 2.44. The predicted molar refractivity (Wildman–Crippen MR) is 73.0 cm³/mol. The molecule has 18 heavy (non-hydrogen) atoms. The summed E-state index contributed by atoms with van der Waals surface area (Å²) in [5.74, 6) is 0.0725. The summed E-state index contributed by atoms with van der Waals surface area (Å²) >= 11 is 0. The molecule has 6 heteroatoms. The highest BCUT2D eigenvalue weighted by Gasteiger charge is 2.26. The summed E-state index contributed by atoms with van der Waals surface area (Å²) < 4.78 is 1.76. The van der Waals surface area contributed by atoms with Crippen molar-refractivity contribution >= 4 is 18.3 Å². The molecule has 2 rings (SSSR count). The van der Waals surface area contributed by atoms with Crippen LogP contribution in [0, 0.1) is 13.8 Å². The minimum atomic E-state index is 0. The third kappa shape index (κ3) is 2.67. The van der Waals surface area contributed by atoms with Gasteiger partial charge in [-0.05, 0) is 26.7 Å². The SMILES string of the molecule is Cc1nn(C)c(C)c1C(=O)N1CCCC(N)C1.Cl. The van der Waals surface area contributed by atoms with Crippen LogP contribution in [0.25, 0.3) is 0 Å². The molecule has 102 valence electrons. The highest BCUT2D eigenvalue weighted by atomic mass is 35.5. The molecule has 1 aromatic heterocycles. The first-order valence-corrected chi connectivity index (χ1v) is 6.05. The minimum Gasteiger partial charge on any atom is -0.337 e. The Hall–Kier alpha value is -1.07. The number of hydrogen-bond donors (Lipinski definition) is 1. The van der Waals surface area contributed by atoms with Crippen molar-refractivity contribution in [2.45, 2.75) is 32.7 Å². The second-order valence-electron chi connectivity index (χ2n) is 4.82. The van der Waals surface area contributed by atoms with Gasteiger partial charge in [-0.1, -0.05) is 0 Å². The maximum Gasteiger partial charge on any atom is 0.257 e. The first-order chi connectivity index (χ1) is 8.00. The molecule has 1 atom stereocenters. The lowest BCUT2D eigenvalue weighted by Gasteiger charge is -2.30. The number of halogens is 1. The van der Waals surface area contributed by atoms with Gasteiger partial charge in [0.25, 0.3) is 5.91 Å². The fraction of sp³-hybridized carbons (Fsp3) is 0.667. The van der Waals surface area contributed by atoms with E-state index in [-0.39, 0.29) is 24.4 Å². The number of nitrogens with zero attached hydrogens (tertiary/aromatic N) is 3. The molecule has 2 N–H and O–H groups in total. The van der Waals surface area contributed by atoms with Gasteiger partial charge in [0, 0.05) is 31.9 Å². The Morgan fingerprint density at radius 2 is 2.11 bits per heavy atom. The van der Waals surface area contributed by atoms with Gasteiger partial charge < -0.3 is 10.6 Å². The van der Waals surface area contributed by atoms with Crippen molar-refractivity contribution in [2.75, 3.05) is 13.1 Å². The van der Waals surface area contributed by atoms with Gasteiger partial charge >= 0.3 is 0 Å². The van der Waals surface area contributed by atoms with Gasteiger partial charge in [0.1, 0.15) is 0 Å². The van der Waals surface area contributed by atoms with Crippen LogP contribution in [0.3, 0.4) is 0 Å². The molecule has 0 aliphatic carbocycles. The highest BCUT2D eigenvalue weighted by Crippen LogP contribution is 2.17. The van der Waals surface area contributed by atoms with Crippen molar-refractivity contribution in [2.24, 2.45) is 12.8 Å². The summed E-state index contributed by atoms with van der Waals surface area (Å²) in [6.45, 7) is 5.27. The quantitative estimate of drug-likeness (QED) is 0.830. The van der Waals surface area contributed by atoms with Crippen LogP contribution >= 0.6 is 12.4 Å². The summed E-state index contributed by atoms with van der Waals surface area (Å²) in [5, 5.41) is 4.28.